The Morgan fingerprint density at radius 2 is 2.28 bits per heavy atom. The van der Waals surface area contributed by atoms with Crippen LogP contribution in [0.4, 0.5) is 5.82 Å². The van der Waals surface area contributed by atoms with Crippen molar-refractivity contribution in [1.82, 2.24) is 19.8 Å². The number of aromatic nitrogens is 4. The van der Waals surface area contributed by atoms with Gasteiger partial charge in [0.25, 0.3) is 0 Å². The quantitative estimate of drug-likeness (QED) is 0.809. The maximum atomic E-state index is 8.60. The summed E-state index contributed by atoms with van der Waals surface area (Å²) in [6.45, 7) is 0.676. The Balaban J connectivity index is 1.94. The van der Waals surface area contributed by atoms with Crippen LogP contribution in [0.3, 0.4) is 0 Å². The normalized spacial score (nSPS) is 14.7. The summed E-state index contributed by atoms with van der Waals surface area (Å²) in [6, 6.07) is 5.97. The van der Waals surface area contributed by atoms with E-state index in [4.69, 9.17) is 5.26 Å². The lowest BCUT2D eigenvalue weighted by Crippen LogP contribution is -2.20. The first-order chi connectivity index (χ1) is 8.79. The average molecular weight is 242 g/mol. The molecule has 0 bridgehead atoms. The Labute approximate surface area is 105 Å². The molecule has 0 unspecified atom stereocenters. The fourth-order valence-electron chi connectivity index (χ4n) is 1.93. The van der Waals surface area contributed by atoms with E-state index in [9.17, 15) is 0 Å². The van der Waals surface area contributed by atoms with Crippen LogP contribution in [-0.4, -0.2) is 33.4 Å². The smallest absolute Gasteiger partial charge is 0.178 e. The number of hydrogen-bond acceptors (Lipinski definition) is 5. The van der Waals surface area contributed by atoms with Gasteiger partial charge in [-0.1, -0.05) is 0 Å². The van der Waals surface area contributed by atoms with Crippen molar-refractivity contribution in [1.29, 1.82) is 5.26 Å². The monoisotopic (exact) mass is 242 g/mol. The van der Waals surface area contributed by atoms with Crippen LogP contribution in [0.25, 0.3) is 5.65 Å². The van der Waals surface area contributed by atoms with E-state index in [-0.39, 0.29) is 0 Å². The van der Waals surface area contributed by atoms with Gasteiger partial charge in [0.2, 0.25) is 0 Å². The van der Waals surface area contributed by atoms with Crippen LogP contribution in [-0.2, 0) is 0 Å². The largest absolute Gasteiger partial charge is 0.357 e. The van der Waals surface area contributed by atoms with Crippen LogP contribution in [0.1, 0.15) is 31.0 Å². The van der Waals surface area contributed by atoms with Crippen molar-refractivity contribution in [2.24, 2.45) is 0 Å². The second kappa shape index (κ2) is 4.26. The van der Waals surface area contributed by atoms with Gasteiger partial charge in [-0.15, -0.1) is 15.3 Å². The van der Waals surface area contributed by atoms with E-state index >= 15 is 0 Å². The fourth-order valence-corrected chi connectivity index (χ4v) is 1.93. The Morgan fingerprint density at radius 3 is 3.00 bits per heavy atom. The highest BCUT2D eigenvalue weighted by Crippen LogP contribution is 2.38. The molecule has 1 aliphatic carbocycles. The fraction of sp³-hybridized carbons (Fsp3) is 0.500. The van der Waals surface area contributed by atoms with Gasteiger partial charge < -0.3 is 4.90 Å². The van der Waals surface area contributed by atoms with Gasteiger partial charge in [0.05, 0.1) is 12.5 Å². The molecular weight excluding hydrogens is 228 g/mol. The molecule has 6 heteroatoms. The average Bonchev–Trinajstić information content (AvgIpc) is 3.15. The zero-order chi connectivity index (χ0) is 12.5. The minimum absolute atomic E-state index is 0.494. The second-order valence-electron chi connectivity index (χ2n) is 4.62. The molecule has 0 saturated heterocycles. The van der Waals surface area contributed by atoms with Gasteiger partial charge in [-0.2, -0.15) is 9.78 Å². The molecule has 18 heavy (non-hydrogen) atoms. The molecule has 92 valence electrons. The zero-order valence-electron chi connectivity index (χ0n) is 10.2. The summed E-state index contributed by atoms with van der Waals surface area (Å²) < 4.78 is 1.83. The van der Waals surface area contributed by atoms with Gasteiger partial charge in [0.15, 0.2) is 11.5 Å². The number of nitrogens with zero attached hydrogens (tertiary/aromatic N) is 6. The van der Waals surface area contributed by atoms with Gasteiger partial charge >= 0.3 is 0 Å². The number of fused-ring (bicyclic) bond motifs is 1. The molecule has 0 N–H and O–H groups in total. The lowest BCUT2D eigenvalue weighted by atomic mass is 10.4. The van der Waals surface area contributed by atoms with E-state index < -0.39 is 0 Å². The van der Waals surface area contributed by atoms with Gasteiger partial charge in [-0.25, -0.2) is 0 Å². The first kappa shape index (κ1) is 11.0. The highest BCUT2D eigenvalue weighted by atomic mass is 15.4. The molecule has 0 atom stereocenters. The molecule has 2 aromatic heterocycles. The molecule has 2 aromatic rings. The number of rotatable bonds is 4. The van der Waals surface area contributed by atoms with Crippen molar-refractivity contribution in [3.8, 4) is 6.07 Å². The van der Waals surface area contributed by atoms with E-state index in [1.54, 1.807) is 0 Å². The summed E-state index contributed by atoms with van der Waals surface area (Å²) in [7, 11) is 1.94. The van der Waals surface area contributed by atoms with Gasteiger partial charge in [0.1, 0.15) is 5.82 Å². The third-order valence-electron chi connectivity index (χ3n) is 3.17. The third kappa shape index (κ3) is 1.88. The molecule has 0 spiro atoms. The minimum atomic E-state index is 0.494. The predicted molar refractivity (Wildman–Crippen MR) is 66.3 cm³/mol. The topological polar surface area (TPSA) is 70.1 Å². The van der Waals surface area contributed by atoms with Crippen molar-refractivity contribution in [3.63, 3.8) is 0 Å². The maximum absolute atomic E-state index is 8.60. The van der Waals surface area contributed by atoms with E-state index in [1.165, 1.54) is 12.8 Å². The van der Waals surface area contributed by atoms with Crippen molar-refractivity contribution in [3.05, 3.63) is 18.0 Å². The van der Waals surface area contributed by atoms with Crippen molar-refractivity contribution in [2.45, 2.75) is 25.2 Å². The van der Waals surface area contributed by atoms with Crippen molar-refractivity contribution >= 4 is 11.5 Å². The SMILES string of the molecule is CN(CCC#N)c1ccc2nnc(C3CC3)n2n1. The molecule has 6 nitrogen and oxygen atoms in total. The second-order valence-corrected chi connectivity index (χ2v) is 4.62. The molecule has 0 aromatic carbocycles. The molecule has 0 radical (unpaired) electrons. The van der Waals surface area contributed by atoms with Crippen LogP contribution in [0.5, 0.6) is 0 Å². The Hall–Kier alpha value is -2.16. The summed E-state index contributed by atoms with van der Waals surface area (Å²) in [4.78, 5) is 1.97. The summed E-state index contributed by atoms with van der Waals surface area (Å²) in [5.41, 5.74) is 0.786. The molecule has 3 rings (SSSR count). The summed E-state index contributed by atoms with van der Waals surface area (Å²) in [6.07, 6.45) is 2.85. The van der Waals surface area contributed by atoms with Gasteiger partial charge in [-0.05, 0) is 25.0 Å². The maximum Gasteiger partial charge on any atom is 0.178 e. The Bertz CT molecular complexity index is 607. The zero-order valence-corrected chi connectivity index (χ0v) is 10.2. The van der Waals surface area contributed by atoms with Crippen molar-refractivity contribution in [2.75, 3.05) is 18.5 Å². The Kier molecular flexibility index (Phi) is 2.59. The number of hydrogen-bond donors (Lipinski definition) is 0. The highest BCUT2D eigenvalue weighted by molar-refractivity contribution is 5.45. The summed E-state index contributed by atoms with van der Waals surface area (Å²) in [5, 5.41) is 21.5. The predicted octanol–water partition coefficient (Wildman–Crippen LogP) is 1.35. The van der Waals surface area contributed by atoms with Crippen LogP contribution in [0.2, 0.25) is 0 Å². The van der Waals surface area contributed by atoms with E-state index in [0.29, 0.717) is 18.9 Å². The van der Waals surface area contributed by atoms with Gasteiger partial charge in [-0.3, -0.25) is 0 Å². The summed E-state index contributed by atoms with van der Waals surface area (Å²) >= 11 is 0. The third-order valence-corrected chi connectivity index (χ3v) is 3.17. The molecular formula is C12H14N6. The summed E-state index contributed by atoms with van der Waals surface area (Å²) in [5.74, 6) is 2.33. The standard InChI is InChI=1S/C12H14N6/c1-17(8-2-7-13)11-6-5-10-14-15-12(9-3-4-9)18(10)16-11/h5-6,9H,2-4,8H2,1H3. The van der Waals surface area contributed by atoms with E-state index in [2.05, 4.69) is 21.4 Å². The molecule has 1 aliphatic rings. The molecule has 1 saturated carbocycles. The first-order valence-electron chi connectivity index (χ1n) is 6.10. The number of anilines is 1. The molecule has 2 heterocycles. The molecule has 0 amide bonds. The first-order valence-corrected chi connectivity index (χ1v) is 6.10. The number of nitriles is 1. The van der Waals surface area contributed by atoms with Gasteiger partial charge in [0, 0.05) is 19.5 Å². The van der Waals surface area contributed by atoms with E-state index in [1.807, 2.05) is 28.6 Å². The molecule has 1 fully saturated rings. The van der Waals surface area contributed by atoms with Crippen molar-refractivity contribution < 1.29 is 0 Å². The highest BCUT2D eigenvalue weighted by Gasteiger charge is 2.29. The lowest BCUT2D eigenvalue weighted by molar-refractivity contribution is 0.787. The van der Waals surface area contributed by atoms with E-state index in [0.717, 1.165) is 17.3 Å². The van der Waals surface area contributed by atoms with Crippen LogP contribution in [0, 0.1) is 11.3 Å². The minimum Gasteiger partial charge on any atom is -0.357 e. The van der Waals surface area contributed by atoms with Crippen LogP contribution >= 0.6 is 0 Å². The van der Waals surface area contributed by atoms with Crippen LogP contribution < -0.4 is 4.90 Å². The Morgan fingerprint density at radius 1 is 1.44 bits per heavy atom. The molecule has 0 aliphatic heterocycles. The van der Waals surface area contributed by atoms with Crippen LogP contribution in [0.15, 0.2) is 12.1 Å². The lowest BCUT2D eigenvalue weighted by Gasteiger charge is -2.16.